The van der Waals surface area contributed by atoms with E-state index in [2.05, 4.69) is 4.90 Å². The van der Waals surface area contributed by atoms with Crippen molar-refractivity contribution in [1.29, 1.82) is 0 Å². The third kappa shape index (κ3) is 2.90. The number of hydrogen-bond donors (Lipinski definition) is 1. The van der Waals surface area contributed by atoms with Crippen molar-refractivity contribution < 1.29 is 4.39 Å². The number of piperidine rings is 1. The second-order valence-electron chi connectivity index (χ2n) is 5.91. The molecule has 0 aromatic heterocycles. The van der Waals surface area contributed by atoms with E-state index in [-0.39, 0.29) is 11.9 Å². The van der Waals surface area contributed by atoms with Crippen LogP contribution in [0.25, 0.3) is 0 Å². The minimum Gasteiger partial charge on any atom is -0.327 e. The molecule has 18 heavy (non-hydrogen) atoms. The normalized spacial score (nSPS) is 29.4. The zero-order valence-electron chi connectivity index (χ0n) is 10.7. The molecular formula is C15H21FN2. The van der Waals surface area contributed by atoms with Gasteiger partial charge in [-0.3, -0.25) is 0 Å². The molecule has 1 aromatic carbocycles. The van der Waals surface area contributed by atoms with Crippen molar-refractivity contribution in [3.63, 3.8) is 0 Å². The fraction of sp³-hybridized carbons (Fsp3) is 0.600. The van der Waals surface area contributed by atoms with Crippen LogP contribution in [0.5, 0.6) is 0 Å². The number of rotatable bonds is 3. The smallest absolute Gasteiger partial charge is 0.123 e. The summed E-state index contributed by atoms with van der Waals surface area (Å²) in [5.41, 5.74) is 7.39. The SMILES string of the molecule is NC1CC(c2ccc(F)cc2)CN(CC2CC2)C1. The van der Waals surface area contributed by atoms with Crippen LogP contribution in [0.4, 0.5) is 4.39 Å². The third-order valence-electron chi connectivity index (χ3n) is 4.11. The van der Waals surface area contributed by atoms with Crippen molar-refractivity contribution in [2.45, 2.75) is 31.2 Å². The fourth-order valence-electron chi connectivity index (χ4n) is 3.02. The van der Waals surface area contributed by atoms with Crippen molar-refractivity contribution in [1.82, 2.24) is 4.90 Å². The van der Waals surface area contributed by atoms with Crippen molar-refractivity contribution in [3.8, 4) is 0 Å². The zero-order chi connectivity index (χ0) is 12.5. The van der Waals surface area contributed by atoms with Gasteiger partial charge in [0.05, 0.1) is 0 Å². The first-order valence-electron chi connectivity index (χ1n) is 6.94. The Bertz CT molecular complexity index is 397. The van der Waals surface area contributed by atoms with E-state index in [1.807, 2.05) is 12.1 Å². The summed E-state index contributed by atoms with van der Waals surface area (Å²) in [6.45, 7) is 3.30. The monoisotopic (exact) mass is 248 g/mol. The van der Waals surface area contributed by atoms with Crippen LogP contribution in [-0.2, 0) is 0 Å². The van der Waals surface area contributed by atoms with E-state index >= 15 is 0 Å². The lowest BCUT2D eigenvalue weighted by molar-refractivity contribution is 0.182. The van der Waals surface area contributed by atoms with E-state index in [9.17, 15) is 4.39 Å². The van der Waals surface area contributed by atoms with E-state index < -0.39 is 0 Å². The molecule has 1 heterocycles. The van der Waals surface area contributed by atoms with Crippen molar-refractivity contribution in [2.75, 3.05) is 19.6 Å². The second kappa shape index (κ2) is 4.98. The van der Waals surface area contributed by atoms with Crippen LogP contribution in [0, 0.1) is 11.7 Å². The van der Waals surface area contributed by atoms with Crippen molar-refractivity contribution >= 4 is 0 Å². The van der Waals surface area contributed by atoms with Gasteiger partial charge < -0.3 is 10.6 Å². The zero-order valence-corrected chi connectivity index (χ0v) is 10.7. The molecule has 2 nitrogen and oxygen atoms in total. The quantitative estimate of drug-likeness (QED) is 0.889. The molecule has 0 radical (unpaired) electrons. The molecular weight excluding hydrogens is 227 g/mol. The Labute approximate surface area is 108 Å². The Kier molecular flexibility index (Phi) is 3.35. The molecule has 2 atom stereocenters. The van der Waals surface area contributed by atoms with E-state index in [4.69, 9.17) is 5.73 Å². The topological polar surface area (TPSA) is 29.3 Å². The first kappa shape index (κ1) is 12.1. The number of nitrogens with two attached hydrogens (primary N) is 1. The fourth-order valence-corrected chi connectivity index (χ4v) is 3.02. The Morgan fingerprint density at radius 1 is 1.17 bits per heavy atom. The number of hydrogen-bond acceptors (Lipinski definition) is 2. The van der Waals surface area contributed by atoms with E-state index in [0.29, 0.717) is 5.92 Å². The molecule has 1 saturated carbocycles. The highest BCUT2D eigenvalue weighted by atomic mass is 19.1. The van der Waals surface area contributed by atoms with Crippen LogP contribution in [0.3, 0.4) is 0 Å². The lowest BCUT2D eigenvalue weighted by atomic mass is 9.88. The Morgan fingerprint density at radius 3 is 2.56 bits per heavy atom. The number of likely N-dealkylation sites (tertiary alicyclic amines) is 1. The van der Waals surface area contributed by atoms with Crippen LogP contribution < -0.4 is 5.73 Å². The number of nitrogens with zero attached hydrogens (tertiary/aromatic N) is 1. The van der Waals surface area contributed by atoms with Crippen molar-refractivity contribution in [3.05, 3.63) is 35.6 Å². The Morgan fingerprint density at radius 2 is 1.89 bits per heavy atom. The summed E-state index contributed by atoms with van der Waals surface area (Å²) in [6.07, 6.45) is 3.78. The van der Waals surface area contributed by atoms with E-state index in [1.54, 1.807) is 12.1 Å². The molecule has 0 amide bonds. The van der Waals surface area contributed by atoms with Crippen LogP contribution in [-0.4, -0.2) is 30.6 Å². The van der Waals surface area contributed by atoms with Crippen LogP contribution >= 0.6 is 0 Å². The molecule has 2 N–H and O–H groups in total. The average molecular weight is 248 g/mol. The van der Waals surface area contributed by atoms with Crippen LogP contribution in [0.2, 0.25) is 0 Å². The van der Waals surface area contributed by atoms with Crippen molar-refractivity contribution in [2.24, 2.45) is 11.7 Å². The standard InChI is InChI=1S/C15H21FN2/c16-14-5-3-12(4-6-14)13-7-15(17)10-18(9-13)8-11-1-2-11/h3-6,11,13,15H,1-2,7-10,17H2. The van der Waals surface area contributed by atoms with Gasteiger partial charge in [0.15, 0.2) is 0 Å². The molecule has 1 aliphatic heterocycles. The highest BCUT2D eigenvalue weighted by Gasteiger charge is 2.30. The number of halogens is 1. The maximum absolute atomic E-state index is 13.0. The summed E-state index contributed by atoms with van der Waals surface area (Å²) in [4.78, 5) is 2.50. The van der Waals surface area contributed by atoms with Gasteiger partial charge in [0.2, 0.25) is 0 Å². The molecule has 1 saturated heterocycles. The molecule has 1 aromatic rings. The van der Waals surface area contributed by atoms with Gasteiger partial charge in [0.1, 0.15) is 5.82 Å². The summed E-state index contributed by atoms with van der Waals surface area (Å²) >= 11 is 0. The molecule has 1 aliphatic carbocycles. The highest BCUT2D eigenvalue weighted by Crippen LogP contribution is 2.33. The molecule has 0 bridgehead atoms. The summed E-state index contributed by atoms with van der Waals surface area (Å²) < 4.78 is 13.0. The van der Waals surface area contributed by atoms with Gasteiger partial charge in [-0.1, -0.05) is 12.1 Å². The summed E-state index contributed by atoms with van der Waals surface area (Å²) in [7, 11) is 0. The third-order valence-corrected chi connectivity index (χ3v) is 4.11. The molecule has 98 valence electrons. The molecule has 3 heteroatoms. The lowest BCUT2D eigenvalue weighted by Crippen LogP contribution is -2.46. The minimum atomic E-state index is -0.159. The summed E-state index contributed by atoms with van der Waals surface area (Å²) in [6, 6.07) is 7.19. The molecule has 2 unspecified atom stereocenters. The van der Waals surface area contributed by atoms with Crippen LogP contribution in [0.15, 0.2) is 24.3 Å². The average Bonchev–Trinajstić information content (AvgIpc) is 3.13. The Balaban J connectivity index is 1.68. The van der Waals surface area contributed by atoms with Gasteiger partial charge in [-0.05, 0) is 48.8 Å². The molecule has 3 rings (SSSR count). The first-order chi connectivity index (χ1) is 8.70. The van der Waals surface area contributed by atoms with Gasteiger partial charge in [-0.2, -0.15) is 0 Å². The summed E-state index contributed by atoms with van der Waals surface area (Å²) in [5.74, 6) is 1.21. The predicted octanol–water partition coefficient (Wildman–Crippen LogP) is 2.35. The highest BCUT2D eigenvalue weighted by molar-refractivity contribution is 5.22. The molecule has 2 aliphatic rings. The van der Waals surface area contributed by atoms with E-state index in [0.717, 1.165) is 25.4 Å². The molecule has 0 spiro atoms. The minimum absolute atomic E-state index is 0.159. The van der Waals surface area contributed by atoms with Gasteiger partial charge >= 0.3 is 0 Å². The maximum Gasteiger partial charge on any atom is 0.123 e. The van der Waals surface area contributed by atoms with Gasteiger partial charge in [0, 0.05) is 25.7 Å². The molecule has 2 fully saturated rings. The van der Waals surface area contributed by atoms with E-state index in [1.165, 1.54) is 24.9 Å². The Hall–Kier alpha value is -0.930. The first-order valence-corrected chi connectivity index (χ1v) is 6.94. The summed E-state index contributed by atoms with van der Waals surface area (Å²) in [5, 5.41) is 0. The largest absolute Gasteiger partial charge is 0.327 e. The predicted molar refractivity (Wildman–Crippen MR) is 70.9 cm³/mol. The van der Waals surface area contributed by atoms with Gasteiger partial charge in [0.25, 0.3) is 0 Å². The maximum atomic E-state index is 13.0. The second-order valence-corrected chi connectivity index (χ2v) is 5.91. The van der Waals surface area contributed by atoms with Crippen LogP contribution in [0.1, 0.15) is 30.7 Å². The lowest BCUT2D eigenvalue weighted by Gasteiger charge is -2.36. The van der Waals surface area contributed by atoms with Gasteiger partial charge in [-0.25, -0.2) is 4.39 Å². The number of benzene rings is 1. The van der Waals surface area contributed by atoms with Gasteiger partial charge in [-0.15, -0.1) is 0 Å².